The highest BCUT2D eigenvalue weighted by molar-refractivity contribution is 7.92. The molecule has 2 amide bonds. The molecule has 0 radical (unpaired) electrons. The second kappa shape index (κ2) is 16.2. The molecule has 0 unspecified atom stereocenters. The lowest BCUT2D eigenvalue weighted by Gasteiger charge is -2.34. The van der Waals surface area contributed by atoms with Crippen molar-refractivity contribution in [3.63, 3.8) is 0 Å². The van der Waals surface area contributed by atoms with Gasteiger partial charge < -0.3 is 15.0 Å². The van der Waals surface area contributed by atoms with E-state index in [1.165, 1.54) is 17.0 Å². The zero-order valence-corrected chi connectivity index (χ0v) is 29.1. The van der Waals surface area contributed by atoms with Gasteiger partial charge in [-0.1, -0.05) is 89.4 Å². The molecule has 4 rings (SSSR count). The van der Waals surface area contributed by atoms with Crippen molar-refractivity contribution in [2.24, 2.45) is 0 Å². The molecule has 1 N–H and O–H groups in total. The molecule has 0 aliphatic carbocycles. The summed E-state index contributed by atoms with van der Waals surface area (Å²) in [6.45, 7) is 6.96. The number of rotatable bonds is 14. The van der Waals surface area contributed by atoms with E-state index in [9.17, 15) is 18.0 Å². The summed E-state index contributed by atoms with van der Waals surface area (Å²) in [7, 11) is -4.28. The Morgan fingerprint density at radius 1 is 0.851 bits per heavy atom. The fourth-order valence-electron chi connectivity index (χ4n) is 5.06. The maximum absolute atomic E-state index is 14.6. The highest BCUT2D eigenvalue weighted by Gasteiger charge is 2.35. The molecule has 8 nitrogen and oxygen atoms in total. The average molecular weight is 697 g/mol. The molecule has 0 aliphatic heterocycles. The first-order valence-electron chi connectivity index (χ1n) is 15.3. The van der Waals surface area contributed by atoms with Crippen molar-refractivity contribution in [2.75, 3.05) is 17.5 Å². The maximum Gasteiger partial charge on any atom is 0.264 e. The monoisotopic (exact) mass is 695 g/mol. The van der Waals surface area contributed by atoms with Crippen LogP contribution in [0.3, 0.4) is 0 Å². The number of ether oxygens (including phenoxy) is 1. The maximum atomic E-state index is 14.6. The van der Waals surface area contributed by atoms with Crippen molar-refractivity contribution in [3.05, 3.63) is 124 Å². The van der Waals surface area contributed by atoms with Gasteiger partial charge in [-0.3, -0.25) is 13.9 Å². The van der Waals surface area contributed by atoms with Gasteiger partial charge in [-0.05, 0) is 75.2 Å². The van der Waals surface area contributed by atoms with E-state index in [2.05, 4.69) is 5.32 Å². The van der Waals surface area contributed by atoms with Crippen LogP contribution in [0.25, 0.3) is 0 Å². The smallest absolute Gasteiger partial charge is 0.264 e. The Balaban J connectivity index is 1.85. The van der Waals surface area contributed by atoms with E-state index >= 15 is 0 Å². The molecular formula is C36H39Cl2N3O5S. The van der Waals surface area contributed by atoms with E-state index in [1.54, 1.807) is 61.5 Å². The number of aryl methyl sites for hydroxylation is 1. The lowest BCUT2D eigenvalue weighted by Crippen LogP contribution is -2.54. The minimum atomic E-state index is -4.28. The fourth-order valence-corrected chi connectivity index (χ4v) is 6.81. The number of carbonyl (C=O) groups is 2. The van der Waals surface area contributed by atoms with Gasteiger partial charge in [-0.25, -0.2) is 8.42 Å². The lowest BCUT2D eigenvalue weighted by atomic mass is 10.0. The highest BCUT2D eigenvalue weighted by atomic mass is 35.5. The minimum absolute atomic E-state index is 0.0108. The van der Waals surface area contributed by atoms with Crippen LogP contribution in [0, 0.1) is 6.92 Å². The van der Waals surface area contributed by atoms with Crippen molar-refractivity contribution in [1.29, 1.82) is 0 Å². The summed E-state index contributed by atoms with van der Waals surface area (Å²) in [5.41, 5.74) is 2.53. The van der Waals surface area contributed by atoms with E-state index in [1.807, 2.05) is 51.1 Å². The van der Waals surface area contributed by atoms with Crippen LogP contribution in [0.1, 0.15) is 37.5 Å². The van der Waals surface area contributed by atoms with Crippen LogP contribution in [0.4, 0.5) is 5.69 Å². The highest BCUT2D eigenvalue weighted by Crippen LogP contribution is 2.33. The number of para-hydroxylation sites is 2. The molecule has 0 aliphatic rings. The standard InChI is InChI=1S/C36H39Cl2N3O5S/c1-5-46-34-14-10-9-13-32(34)41(47(44,45)29-18-15-26(4)16-19-29)24-35(42)40(23-28-17-20-30(37)31(38)21-28)33(36(43)39-25(2)3)22-27-11-7-6-8-12-27/h6-21,25,33H,5,22-24H2,1-4H3,(H,39,43)/t33-/m0/s1. The van der Waals surface area contributed by atoms with Gasteiger partial charge in [0.1, 0.15) is 18.3 Å². The third kappa shape index (κ3) is 9.28. The Bertz CT molecular complexity index is 1780. The number of hydrogen-bond acceptors (Lipinski definition) is 5. The van der Waals surface area contributed by atoms with Crippen LogP contribution in [0.15, 0.2) is 102 Å². The zero-order valence-electron chi connectivity index (χ0n) is 26.8. The number of hydrogen-bond donors (Lipinski definition) is 1. The van der Waals surface area contributed by atoms with Crippen molar-refractivity contribution in [3.8, 4) is 5.75 Å². The number of halogens is 2. The number of nitrogens with one attached hydrogen (secondary N) is 1. The predicted octanol–water partition coefficient (Wildman–Crippen LogP) is 7.06. The van der Waals surface area contributed by atoms with Crippen molar-refractivity contribution in [1.82, 2.24) is 10.2 Å². The average Bonchev–Trinajstić information content (AvgIpc) is 3.04. The van der Waals surface area contributed by atoms with Gasteiger partial charge in [0.2, 0.25) is 11.8 Å². The zero-order chi connectivity index (χ0) is 34.1. The predicted molar refractivity (Wildman–Crippen MR) is 188 cm³/mol. The largest absolute Gasteiger partial charge is 0.492 e. The number of benzene rings is 4. The molecular weight excluding hydrogens is 657 g/mol. The summed E-state index contributed by atoms with van der Waals surface area (Å²) in [5, 5.41) is 3.58. The number of nitrogens with zero attached hydrogens (tertiary/aromatic N) is 2. The third-order valence-electron chi connectivity index (χ3n) is 7.36. The second-order valence-corrected chi connectivity index (χ2v) is 14.0. The first-order chi connectivity index (χ1) is 22.4. The SMILES string of the molecule is CCOc1ccccc1N(CC(=O)N(Cc1ccc(Cl)c(Cl)c1)[C@@H](Cc1ccccc1)C(=O)NC(C)C)S(=O)(=O)c1ccc(C)cc1. The molecule has 0 bridgehead atoms. The van der Waals surface area contributed by atoms with Gasteiger partial charge in [0.15, 0.2) is 0 Å². The molecule has 0 heterocycles. The summed E-state index contributed by atoms with van der Waals surface area (Å²) >= 11 is 12.5. The molecule has 47 heavy (non-hydrogen) atoms. The molecule has 0 aromatic heterocycles. The molecule has 4 aromatic rings. The van der Waals surface area contributed by atoms with Crippen LogP contribution >= 0.6 is 23.2 Å². The lowest BCUT2D eigenvalue weighted by molar-refractivity contribution is -0.140. The summed E-state index contributed by atoms with van der Waals surface area (Å²) in [4.78, 5) is 29.9. The Hall–Kier alpha value is -4.05. The summed E-state index contributed by atoms with van der Waals surface area (Å²) < 4.78 is 35.5. The third-order valence-corrected chi connectivity index (χ3v) is 9.87. The van der Waals surface area contributed by atoms with Crippen LogP contribution < -0.4 is 14.4 Å². The molecule has 0 spiro atoms. The Morgan fingerprint density at radius 3 is 2.15 bits per heavy atom. The molecule has 11 heteroatoms. The molecule has 0 fully saturated rings. The Labute approximate surface area is 287 Å². The van der Waals surface area contributed by atoms with Gasteiger partial charge in [-0.15, -0.1) is 0 Å². The molecule has 0 saturated heterocycles. The van der Waals surface area contributed by atoms with E-state index in [-0.39, 0.29) is 47.1 Å². The number of sulfonamides is 1. The normalized spacial score (nSPS) is 12.0. The number of anilines is 1. The van der Waals surface area contributed by atoms with Gasteiger partial charge in [0, 0.05) is 19.0 Å². The van der Waals surface area contributed by atoms with Gasteiger partial charge in [0.25, 0.3) is 10.0 Å². The Morgan fingerprint density at radius 2 is 1.51 bits per heavy atom. The van der Waals surface area contributed by atoms with E-state index in [0.717, 1.165) is 15.4 Å². The van der Waals surface area contributed by atoms with Crippen LogP contribution in [0.5, 0.6) is 5.75 Å². The minimum Gasteiger partial charge on any atom is -0.492 e. The van der Waals surface area contributed by atoms with E-state index in [0.29, 0.717) is 16.3 Å². The molecule has 248 valence electrons. The van der Waals surface area contributed by atoms with Crippen LogP contribution in [-0.4, -0.2) is 50.4 Å². The second-order valence-electron chi connectivity index (χ2n) is 11.4. The van der Waals surface area contributed by atoms with Crippen LogP contribution in [0.2, 0.25) is 10.0 Å². The summed E-state index contributed by atoms with van der Waals surface area (Å²) in [5.74, 6) is -0.675. The van der Waals surface area contributed by atoms with Gasteiger partial charge in [0.05, 0.1) is 27.2 Å². The Kier molecular flexibility index (Phi) is 12.3. The molecule has 1 atom stereocenters. The topological polar surface area (TPSA) is 96.0 Å². The van der Waals surface area contributed by atoms with Crippen molar-refractivity contribution < 1.29 is 22.7 Å². The molecule has 4 aromatic carbocycles. The van der Waals surface area contributed by atoms with Gasteiger partial charge >= 0.3 is 0 Å². The summed E-state index contributed by atoms with van der Waals surface area (Å²) in [6.07, 6.45) is 0.187. The van der Waals surface area contributed by atoms with Crippen molar-refractivity contribution in [2.45, 2.75) is 57.6 Å². The van der Waals surface area contributed by atoms with Crippen molar-refractivity contribution >= 4 is 50.7 Å². The van der Waals surface area contributed by atoms with Gasteiger partial charge in [-0.2, -0.15) is 0 Å². The molecule has 0 saturated carbocycles. The quantitative estimate of drug-likeness (QED) is 0.152. The van der Waals surface area contributed by atoms with E-state index in [4.69, 9.17) is 27.9 Å². The fraction of sp³-hybridized carbons (Fsp3) is 0.278. The van der Waals surface area contributed by atoms with Crippen LogP contribution in [-0.2, 0) is 32.6 Å². The van der Waals surface area contributed by atoms with E-state index < -0.39 is 28.5 Å². The first kappa shape index (κ1) is 35.8. The number of carbonyl (C=O) groups excluding carboxylic acids is 2. The number of amides is 2. The first-order valence-corrected chi connectivity index (χ1v) is 17.5. The summed E-state index contributed by atoms with van der Waals surface area (Å²) in [6, 6.07) is 26.2.